The Morgan fingerprint density at radius 3 is 2.79 bits per heavy atom. The van der Waals surface area contributed by atoms with Crippen molar-refractivity contribution in [2.24, 2.45) is 0 Å². The van der Waals surface area contributed by atoms with Gasteiger partial charge in [0.05, 0.1) is 13.2 Å². The molecule has 1 aromatic heterocycles. The van der Waals surface area contributed by atoms with Gasteiger partial charge in [-0.1, -0.05) is 38.5 Å². The van der Waals surface area contributed by atoms with Crippen molar-refractivity contribution in [1.29, 1.82) is 0 Å². The van der Waals surface area contributed by atoms with Crippen LogP contribution in [-0.2, 0) is 17.6 Å². The second-order valence-corrected chi connectivity index (χ2v) is 9.69. The Kier molecular flexibility index (Phi) is 11.0. The molecule has 0 saturated carbocycles. The summed E-state index contributed by atoms with van der Waals surface area (Å²) in [5.74, 6) is 1.54. The molecule has 0 bridgehead atoms. The van der Waals surface area contributed by atoms with E-state index in [1.165, 1.54) is 43.5 Å². The van der Waals surface area contributed by atoms with Gasteiger partial charge in [0.2, 0.25) is 0 Å². The van der Waals surface area contributed by atoms with E-state index < -0.39 is 0 Å². The van der Waals surface area contributed by atoms with Crippen molar-refractivity contribution in [3.8, 4) is 5.75 Å². The standard InChI is InChI=1S/C21H24N2O2.C8H19N/c24-11-10-23-15-18(16-4-7-21-17(13-16)8-12-25-21)14-20(23)6-5-19-3-1-2-9-22-19;1-4-6-8-9(3)7-5-2/h1-4,7,9,11,13,18,20H,5-6,8,10,12,14-15H2;4-8H2,1-3H3. The molecule has 5 nitrogen and oxygen atoms in total. The van der Waals surface area contributed by atoms with Crippen molar-refractivity contribution in [2.45, 2.75) is 70.8 Å². The molecule has 2 aromatic rings. The Morgan fingerprint density at radius 1 is 1.18 bits per heavy atom. The van der Waals surface area contributed by atoms with Crippen molar-refractivity contribution in [1.82, 2.24) is 14.8 Å². The molecular formula is C29H43N3O2. The van der Waals surface area contributed by atoms with Gasteiger partial charge in [0.15, 0.2) is 0 Å². The molecule has 4 rings (SSSR count). The maximum atomic E-state index is 11.1. The van der Waals surface area contributed by atoms with Crippen LogP contribution < -0.4 is 4.74 Å². The molecule has 0 aliphatic carbocycles. The van der Waals surface area contributed by atoms with Crippen LogP contribution >= 0.6 is 0 Å². The quantitative estimate of drug-likeness (QED) is 0.430. The third-order valence-electron chi connectivity index (χ3n) is 6.98. The minimum Gasteiger partial charge on any atom is -0.493 e. The lowest BCUT2D eigenvalue weighted by molar-refractivity contribution is -0.109. The van der Waals surface area contributed by atoms with Crippen LogP contribution in [0.25, 0.3) is 0 Å². The molecule has 0 spiro atoms. The number of aryl methyl sites for hydroxylation is 1. The maximum absolute atomic E-state index is 11.1. The molecule has 2 atom stereocenters. The van der Waals surface area contributed by atoms with E-state index in [1.54, 1.807) is 0 Å². The number of aldehydes is 1. The van der Waals surface area contributed by atoms with Crippen LogP contribution in [0.3, 0.4) is 0 Å². The van der Waals surface area contributed by atoms with Gasteiger partial charge in [0.25, 0.3) is 0 Å². The van der Waals surface area contributed by atoms with Crippen molar-refractivity contribution < 1.29 is 9.53 Å². The van der Waals surface area contributed by atoms with Gasteiger partial charge in [-0.2, -0.15) is 0 Å². The summed E-state index contributed by atoms with van der Waals surface area (Å²) >= 11 is 0. The summed E-state index contributed by atoms with van der Waals surface area (Å²) in [5, 5.41) is 0. The van der Waals surface area contributed by atoms with Gasteiger partial charge in [-0.3, -0.25) is 9.88 Å². The zero-order chi connectivity index (χ0) is 24.2. The smallest absolute Gasteiger partial charge is 0.133 e. The molecule has 186 valence electrons. The lowest BCUT2D eigenvalue weighted by Gasteiger charge is -2.21. The Morgan fingerprint density at radius 2 is 2.06 bits per heavy atom. The topological polar surface area (TPSA) is 45.7 Å². The van der Waals surface area contributed by atoms with Crippen LogP contribution in [0, 0.1) is 0 Å². The van der Waals surface area contributed by atoms with Gasteiger partial charge in [-0.25, -0.2) is 0 Å². The average Bonchev–Trinajstić information content (AvgIpc) is 3.49. The number of nitrogens with zero attached hydrogens (tertiary/aromatic N) is 3. The summed E-state index contributed by atoms with van der Waals surface area (Å²) < 4.78 is 5.62. The summed E-state index contributed by atoms with van der Waals surface area (Å²) in [5.41, 5.74) is 3.85. The van der Waals surface area contributed by atoms with Crippen LogP contribution in [-0.4, -0.2) is 66.9 Å². The first kappa shape index (κ1) is 26.4. The Hall–Kier alpha value is -2.24. The van der Waals surface area contributed by atoms with E-state index in [0.29, 0.717) is 18.5 Å². The van der Waals surface area contributed by atoms with Crippen molar-refractivity contribution in [3.05, 3.63) is 59.4 Å². The summed E-state index contributed by atoms with van der Waals surface area (Å²) in [6.45, 7) is 9.27. The average molecular weight is 466 g/mol. The number of benzene rings is 1. The van der Waals surface area contributed by atoms with Gasteiger partial charge < -0.3 is 14.4 Å². The van der Waals surface area contributed by atoms with E-state index in [0.717, 1.165) is 56.6 Å². The molecule has 0 radical (unpaired) electrons. The fourth-order valence-electron chi connectivity index (χ4n) is 5.09. The van der Waals surface area contributed by atoms with E-state index >= 15 is 0 Å². The largest absolute Gasteiger partial charge is 0.493 e. The summed E-state index contributed by atoms with van der Waals surface area (Å²) in [7, 11) is 2.19. The van der Waals surface area contributed by atoms with Gasteiger partial charge in [-0.15, -0.1) is 0 Å². The summed E-state index contributed by atoms with van der Waals surface area (Å²) in [6.07, 6.45) is 11.0. The molecule has 2 aliphatic heterocycles. The molecule has 1 fully saturated rings. The van der Waals surface area contributed by atoms with Crippen molar-refractivity contribution in [2.75, 3.05) is 39.8 Å². The number of likely N-dealkylation sites (tertiary alicyclic amines) is 1. The molecule has 34 heavy (non-hydrogen) atoms. The van der Waals surface area contributed by atoms with E-state index in [9.17, 15) is 4.79 Å². The molecule has 1 saturated heterocycles. The molecule has 3 heterocycles. The first-order valence-corrected chi connectivity index (χ1v) is 13.2. The molecule has 5 heteroatoms. The summed E-state index contributed by atoms with van der Waals surface area (Å²) in [4.78, 5) is 20.3. The zero-order valence-corrected chi connectivity index (χ0v) is 21.4. The maximum Gasteiger partial charge on any atom is 0.133 e. The third-order valence-corrected chi connectivity index (χ3v) is 6.98. The van der Waals surface area contributed by atoms with Gasteiger partial charge in [-0.05, 0) is 87.5 Å². The van der Waals surface area contributed by atoms with Crippen LogP contribution in [0.1, 0.15) is 68.7 Å². The highest BCUT2D eigenvalue weighted by Crippen LogP contribution is 2.36. The van der Waals surface area contributed by atoms with E-state index in [-0.39, 0.29) is 0 Å². The monoisotopic (exact) mass is 465 g/mol. The second-order valence-electron chi connectivity index (χ2n) is 9.69. The molecular weight excluding hydrogens is 422 g/mol. The lowest BCUT2D eigenvalue weighted by Crippen LogP contribution is -2.31. The number of carbonyl (C=O) groups excluding carboxylic acids is 1. The van der Waals surface area contributed by atoms with Gasteiger partial charge in [0, 0.05) is 30.9 Å². The second kappa shape index (κ2) is 14.2. The van der Waals surface area contributed by atoms with Crippen LogP contribution in [0.2, 0.25) is 0 Å². The fourth-order valence-corrected chi connectivity index (χ4v) is 5.09. The number of unbranched alkanes of at least 4 members (excludes halogenated alkanes) is 1. The predicted molar refractivity (Wildman–Crippen MR) is 140 cm³/mol. The molecule has 1 aromatic carbocycles. The van der Waals surface area contributed by atoms with Crippen LogP contribution in [0.15, 0.2) is 42.6 Å². The Balaban J connectivity index is 0.000000309. The molecule has 0 amide bonds. The number of hydrogen-bond acceptors (Lipinski definition) is 5. The van der Waals surface area contributed by atoms with Crippen molar-refractivity contribution >= 4 is 6.29 Å². The number of ether oxygens (including phenoxy) is 1. The summed E-state index contributed by atoms with van der Waals surface area (Å²) in [6, 6.07) is 13.1. The van der Waals surface area contributed by atoms with Crippen LogP contribution in [0.4, 0.5) is 0 Å². The Labute approximate surface area is 206 Å². The number of aromatic nitrogens is 1. The lowest BCUT2D eigenvalue weighted by atomic mass is 9.93. The van der Waals surface area contributed by atoms with E-state index in [4.69, 9.17) is 4.74 Å². The number of rotatable bonds is 11. The van der Waals surface area contributed by atoms with Crippen LogP contribution in [0.5, 0.6) is 5.75 Å². The van der Waals surface area contributed by atoms with E-state index in [1.807, 2.05) is 18.3 Å². The van der Waals surface area contributed by atoms with E-state index in [2.05, 4.69) is 59.9 Å². The number of pyridine rings is 1. The normalized spacial score (nSPS) is 19.4. The predicted octanol–water partition coefficient (Wildman–Crippen LogP) is 5.13. The third kappa shape index (κ3) is 7.92. The molecule has 0 N–H and O–H groups in total. The zero-order valence-electron chi connectivity index (χ0n) is 21.4. The highest BCUT2D eigenvalue weighted by molar-refractivity contribution is 5.52. The highest BCUT2D eigenvalue weighted by Gasteiger charge is 2.32. The van der Waals surface area contributed by atoms with Gasteiger partial charge in [0.1, 0.15) is 12.0 Å². The highest BCUT2D eigenvalue weighted by atomic mass is 16.5. The minimum atomic E-state index is 0.446. The SMILES string of the molecule is CCCCN(C)CCC.O=CCN1CC(c2ccc3c(c2)CCO3)CC1CCc1ccccn1. The number of carbonyl (C=O) groups is 1. The number of hydrogen-bond donors (Lipinski definition) is 0. The Bertz CT molecular complexity index is 858. The minimum absolute atomic E-state index is 0.446. The van der Waals surface area contributed by atoms with Crippen molar-refractivity contribution in [3.63, 3.8) is 0 Å². The fraction of sp³-hybridized carbons (Fsp3) is 0.586. The number of fused-ring (bicyclic) bond motifs is 1. The molecule has 2 aliphatic rings. The first-order chi connectivity index (χ1) is 16.6. The first-order valence-electron chi connectivity index (χ1n) is 13.2. The molecule has 2 unspecified atom stereocenters. The van der Waals surface area contributed by atoms with Gasteiger partial charge >= 0.3 is 0 Å².